The fourth-order valence-electron chi connectivity index (χ4n) is 4.05. The van der Waals surface area contributed by atoms with Crippen molar-refractivity contribution in [2.45, 2.75) is 57.5 Å². The number of ether oxygens (including phenoxy) is 1. The van der Waals surface area contributed by atoms with Crippen molar-refractivity contribution in [3.8, 4) is 0 Å². The molecule has 23 heavy (non-hydrogen) atoms. The number of ketones is 1. The highest BCUT2D eigenvalue weighted by molar-refractivity contribution is 7.93. The number of rotatable bonds is 5. The van der Waals surface area contributed by atoms with Crippen LogP contribution in [0.2, 0.25) is 0 Å². The number of hydrogen-bond donors (Lipinski definition) is 0. The van der Waals surface area contributed by atoms with Crippen LogP contribution < -0.4 is 0 Å². The fraction of sp³-hybridized carbons (Fsp3) is 0.800. The van der Waals surface area contributed by atoms with Gasteiger partial charge in [0, 0.05) is 25.5 Å². The van der Waals surface area contributed by atoms with Crippen molar-refractivity contribution in [2.24, 2.45) is 5.41 Å². The molecule has 0 unspecified atom stereocenters. The van der Waals surface area contributed by atoms with Gasteiger partial charge in [-0.3, -0.25) is 9.59 Å². The Balaban J connectivity index is 1.69. The zero-order chi connectivity index (χ0) is 16.6. The van der Waals surface area contributed by atoms with Crippen molar-refractivity contribution in [2.75, 3.05) is 13.2 Å². The molecule has 0 aromatic carbocycles. The summed E-state index contributed by atoms with van der Waals surface area (Å²) in [6, 6.07) is -1.39. The average Bonchev–Trinajstić information content (AvgIpc) is 2.74. The van der Waals surface area contributed by atoms with Crippen LogP contribution in [0.5, 0.6) is 0 Å². The van der Waals surface area contributed by atoms with E-state index in [2.05, 4.69) is 0 Å². The highest BCUT2D eigenvalue weighted by Crippen LogP contribution is 2.53. The Bertz CT molecular complexity index is 512. The molecule has 0 bridgehead atoms. The highest BCUT2D eigenvalue weighted by atomic mass is 32.2. The van der Waals surface area contributed by atoms with Crippen LogP contribution in [0.25, 0.3) is 0 Å². The van der Waals surface area contributed by atoms with Crippen LogP contribution in [-0.2, 0) is 14.3 Å². The zero-order valence-corrected chi connectivity index (χ0v) is 13.9. The second-order valence-electron chi connectivity index (χ2n) is 6.67. The van der Waals surface area contributed by atoms with E-state index in [-0.39, 0.29) is 30.4 Å². The molecule has 0 aromatic heterocycles. The van der Waals surface area contributed by atoms with Crippen LogP contribution >= 0.6 is 12.3 Å². The quantitative estimate of drug-likeness (QED) is 0.566. The van der Waals surface area contributed by atoms with Gasteiger partial charge < -0.3 is 9.64 Å². The van der Waals surface area contributed by atoms with E-state index < -0.39 is 18.0 Å². The molecule has 128 valence electrons. The number of Topliss-reactive ketones (excluding diaryl/α,β-unsaturated/α-hetero) is 1. The van der Waals surface area contributed by atoms with Gasteiger partial charge in [0.2, 0.25) is 0 Å². The Morgan fingerprint density at radius 3 is 2.48 bits per heavy atom. The normalized spacial score (nSPS) is 27.9. The van der Waals surface area contributed by atoms with Crippen LogP contribution in [0.4, 0.5) is 8.68 Å². The number of carbonyl (C=O) groups is 3. The van der Waals surface area contributed by atoms with E-state index in [0.717, 1.165) is 25.7 Å². The first-order valence-corrected chi connectivity index (χ1v) is 8.73. The van der Waals surface area contributed by atoms with E-state index in [9.17, 15) is 18.3 Å². The molecule has 0 aromatic rings. The molecule has 8 heteroatoms. The molecule has 0 radical (unpaired) electrons. The number of urea groups is 1. The van der Waals surface area contributed by atoms with Gasteiger partial charge in [0.15, 0.2) is 12.3 Å². The molecule has 1 saturated heterocycles. The van der Waals surface area contributed by atoms with E-state index in [1.165, 1.54) is 4.90 Å². The maximum absolute atomic E-state index is 12.9. The van der Waals surface area contributed by atoms with Crippen molar-refractivity contribution in [1.29, 1.82) is 0 Å². The summed E-state index contributed by atoms with van der Waals surface area (Å²) >= 11 is -0.339. The minimum Gasteiger partial charge on any atom is -0.379 e. The van der Waals surface area contributed by atoms with Crippen LogP contribution in [-0.4, -0.2) is 52.2 Å². The molecule has 3 fully saturated rings. The summed E-state index contributed by atoms with van der Waals surface area (Å²) in [6.45, 7) is 2.34. The first-order valence-electron chi connectivity index (χ1n) is 8.06. The molecule has 1 heterocycles. The summed E-state index contributed by atoms with van der Waals surface area (Å²) in [4.78, 5) is 37.4. The second kappa shape index (κ2) is 6.39. The molecule has 3 amide bonds. The highest BCUT2D eigenvalue weighted by Gasteiger charge is 2.56. The lowest BCUT2D eigenvalue weighted by molar-refractivity contribution is -0.129. The van der Waals surface area contributed by atoms with E-state index >= 15 is 0 Å². The van der Waals surface area contributed by atoms with Gasteiger partial charge >= 0.3 is 6.03 Å². The third-order valence-corrected chi connectivity index (χ3v) is 5.84. The molecule has 1 aliphatic heterocycles. The molecule has 3 rings (SSSR count). The number of halogens is 1. The van der Waals surface area contributed by atoms with Gasteiger partial charge in [-0.2, -0.15) is 4.31 Å². The maximum atomic E-state index is 12.9. The van der Waals surface area contributed by atoms with Gasteiger partial charge in [-0.25, -0.2) is 4.79 Å². The maximum Gasteiger partial charge on any atom is 0.340 e. The number of amides is 3. The van der Waals surface area contributed by atoms with Crippen LogP contribution in [0, 0.1) is 5.41 Å². The number of hydrogen-bond acceptors (Lipinski definition) is 5. The van der Waals surface area contributed by atoms with Gasteiger partial charge in [0.25, 0.3) is 5.91 Å². The molecule has 2 saturated carbocycles. The van der Waals surface area contributed by atoms with Gasteiger partial charge in [-0.1, -0.05) is 0 Å². The smallest absolute Gasteiger partial charge is 0.340 e. The summed E-state index contributed by atoms with van der Waals surface area (Å²) in [5.74, 6) is -0.239. The summed E-state index contributed by atoms with van der Waals surface area (Å²) in [5, 5.41) is 0. The minimum atomic E-state index is -0.738. The van der Waals surface area contributed by atoms with Gasteiger partial charge in [-0.15, -0.1) is 3.89 Å². The van der Waals surface area contributed by atoms with Crippen LogP contribution in [0.1, 0.15) is 45.4 Å². The predicted octanol–water partition coefficient (Wildman–Crippen LogP) is 2.48. The van der Waals surface area contributed by atoms with Crippen molar-refractivity contribution in [3.05, 3.63) is 0 Å². The topological polar surface area (TPSA) is 66.9 Å². The summed E-state index contributed by atoms with van der Waals surface area (Å²) in [6.07, 6.45) is 4.49. The predicted molar refractivity (Wildman–Crippen MR) is 82.0 cm³/mol. The molecule has 2 aliphatic carbocycles. The summed E-state index contributed by atoms with van der Waals surface area (Å²) < 4.78 is 18.8. The number of nitrogens with zero attached hydrogens (tertiary/aromatic N) is 2. The Hall–Kier alpha value is -1.15. The van der Waals surface area contributed by atoms with Gasteiger partial charge in [0.1, 0.15) is 11.8 Å². The Morgan fingerprint density at radius 1 is 1.26 bits per heavy atom. The van der Waals surface area contributed by atoms with E-state index in [1.807, 2.05) is 6.92 Å². The van der Waals surface area contributed by atoms with Gasteiger partial charge in [0.05, 0.1) is 6.61 Å². The van der Waals surface area contributed by atoms with Crippen LogP contribution in [0.3, 0.4) is 0 Å². The molecule has 1 spiro atoms. The van der Waals surface area contributed by atoms with Gasteiger partial charge in [-0.05, 0) is 38.0 Å². The van der Waals surface area contributed by atoms with Crippen molar-refractivity contribution in [3.63, 3.8) is 0 Å². The molecule has 6 nitrogen and oxygen atoms in total. The fourth-order valence-corrected chi connectivity index (χ4v) is 4.39. The third kappa shape index (κ3) is 2.87. The minimum absolute atomic E-state index is 0.0674. The molecule has 1 atom stereocenters. The van der Waals surface area contributed by atoms with Crippen molar-refractivity contribution < 1.29 is 23.0 Å². The zero-order valence-electron chi connectivity index (χ0n) is 13.1. The molecular weight excluding hydrogens is 323 g/mol. The van der Waals surface area contributed by atoms with E-state index in [0.29, 0.717) is 29.5 Å². The summed E-state index contributed by atoms with van der Waals surface area (Å²) in [7, 11) is 0. The second-order valence-corrected chi connectivity index (χ2v) is 7.17. The molecule has 3 aliphatic rings. The van der Waals surface area contributed by atoms with E-state index in [4.69, 9.17) is 4.74 Å². The average molecular weight is 344 g/mol. The van der Waals surface area contributed by atoms with Crippen molar-refractivity contribution >= 4 is 30.1 Å². The lowest BCUT2D eigenvalue weighted by Crippen LogP contribution is -2.56. The lowest BCUT2D eigenvalue weighted by atomic mass is 9.58. The van der Waals surface area contributed by atoms with Crippen molar-refractivity contribution in [1.82, 2.24) is 9.21 Å². The van der Waals surface area contributed by atoms with E-state index in [1.54, 1.807) is 0 Å². The SMILES string of the molecule is CCOC[C@H]1C(=O)N(SF)C(=O)N1C1CC2(CCC(=O)CC2)C1. The first-order chi connectivity index (χ1) is 11.0. The first kappa shape index (κ1) is 16.7. The Kier molecular flexibility index (Phi) is 4.64. The standard InChI is InChI=1S/C15H21FN2O4S/c1-2-22-9-12-13(20)18(23-16)14(21)17(12)10-7-15(8-10)5-3-11(19)4-6-15/h10,12H,2-9H2,1H3/t12-/m0/s1. The largest absolute Gasteiger partial charge is 0.379 e. The third-order valence-electron chi connectivity index (χ3n) is 5.36. The van der Waals surface area contributed by atoms with Crippen LogP contribution in [0.15, 0.2) is 0 Å². The monoisotopic (exact) mass is 344 g/mol. The molecular formula is C15H21FN2O4S. The Morgan fingerprint density at radius 2 is 1.91 bits per heavy atom. The Labute approximate surface area is 139 Å². The molecule has 0 N–H and O–H groups in total. The number of carbonyl (C=O) groups excluding carboxylic acids is 3. The number of imide groups is 1. The summed E-state index contributed by atoms with van der Waals surface area (Å²) in [5.41, 5.74) is 0.119. The lowest BCUT2D eigenvalue weighted by Gasteiger charge is -2.53.